The van der Waals surface area contributed by atoms with Crippen LogP contribution in [0.25, 0.3) is 0 Å². The molecule has 0 aliphatic heterocycles. The van der Waals surface area contributed by atoms with Crippen molar-refractivity contribution in [1.29, 1.82) is 0 Å². The molecule has 5 N–H and O–H groups in total. The molecule has 0 fully saturated rings. The fraction of sp³-hybridized carbons (Fsp3) is 0.250. The zero-order chi connectivity index (χ0) is 14.5. The van der Waals surface area contributed by atoms with Crippen molar-refractivity contribution in [3.63, 3.8) is 0 Å². The van der Waals surface area contributed by atoms with E-state index in [4.69, 9.17) is 16.2 Å². The van der Waals surface area contributed by atoms with Crippen LogP contribution in [0.2, 0.25) is 0 Å². The van der Waals surface area contributed by atoms with E-state index in [1.807, 2.05) is 42.5 Å². The van der Waals surface area contributed by atoms with E-state index in [-0.39, 0.29) is 6.04 Å². The van der Waals surface area contributed by atoms with E-state index in [1.54, 1.807) is 7.11 Å². The van der Waals surface area contributed by atoms with Crippen LogP contribution in [0.5, 0.6) is 5.75 Å². The van der Waals surface area contributed by atoms with Gasteiger partial charge in [0.05, 0.1) is 7.11 Å². The molecule has 0 amide bonds. The van der Waals surface area contributed by atoms with E-state index in [2.05, 4.69) is 12.2 Å². The Balaban J connectivity index is 2.00. The molecule has 0 bridgehead atoms. The highest BCUT2D eigenvalue weighted by Gasteiger charge is 2.09. The number of benzene rings is 2. The summed E-state index contributed by atoms with van der Waals surface area (Å²) < 4.78 is 5.14. The molecule has 106 valence electrons. The van der Waals surface area contributed by atoms with Crippen molar-refractivity contribution in [3.8, 4) is 5.75 Å². The van der Waals surface area contributed by atoms with E-state index >= 15 is 0 Å². The molecule has 0 heterocycles. The number of methoxy groups -OCH3 is 1. The van der Waals surface area contributed by atoms with Gasteiger partial charge >= 0.3 is 0 Å². The van der Waals surface area contributed by atoms with Gasteiger partial charge in [0.15, 0.2) is 0 Å². The second-order valence-electron chi connectivity index (χ2n) is 4.84. The van der Waals surface area contributed by atoms with Crippen LogP contribution in [0, 0.1) is 0 Å². The molecule has 0 aromatic heterocycles. The average molecular weight is 271 g/mol. The van der Waals surface area contributed by atoms with Gasteiger partial charge in [-0.2, -0.15) is 0 Å². The molecule has 2 aromatic carbocycles. The molecule has 20 heavy (non-hydrogen) atoms. The summed E-state index contributed by atoms with van der Waals surface area (Å²) in [5.41, 5.74) is 15.5. The Bertz CT molecular complexity index is 566. The van der Waals surface area contributed by atoms with Gasteiger partial charge in [-0.15, -0.1) is 0 Å². The summed E-state index contributed by atoms with van der Waals surface area (Å²) >= 11 is 0. The summed E-state index contributed by atoms with van der Waals surface area (Å²) in [7, 11) is 1.66. The van der Waals surface area contributed by atoms with E-state index in [1.165, 1.54) is 5.56 Å². The number of nitrogen functional groups attached to an aromatic ring is 2. The van der Waals surface area contributed by atoms with Gasteiger partial charge in [-0.1, -0.05) is 12.1 Å². The Morgan fingerprint density at radius 1 is 1.10 bits per heavy atom. The van der Waals surface area contributed by atoms with Gasteiger partial charge in [0, 0.05) is 24.0 Å². The maximum atomic E-state index is 5.99. The number of ether oxygens (including phenoxy) is 1. The van der Waals surface area contributed by atoms with Crippen LogP contribution in [0.15, 0.2) is 42.5 Å². The van der Waals surface area contributed by atoms with Gasteiger partial charge in [-0.05, 0) is 48.4 Å². The van der Waals surface area contributed by atoms with Crippen LogP contribution in [0.4, 0.5) is 11.4 Å². The van der Waals surface area contributed by atoms with Gasteiger partial charge < -0.3 is 21.5 Å². The Labute approximate surface area is 119 Å². The van der Waals surface area contributed by atoms with Crippen LogP contribution in [-0.4, -0.2) is 7.11 Å². The molecular weight excluding hydrogens is 250 g/mol. The molecule has 1 unspecified atom stereocenters. The molecule has 0 saturated carbocycles. The molecule has 0 aliphatic carbocycles. The smallest absolute Gasteiger partial charge is 0.118 e. The van der Waals surface area contributed by atoms with E-state index < -0.39 is 0 Å². The van der Waals surface area contributed by atoms with Gasteiger partial charge in [-0.25, -0.2) is 0 Å². The van der Waals surface area contributed by atoms with Crippen molar-refractivity contribution in [2.75, 3.05) is 18.6 Å². The zero-order valence-corrected chi connectivity index (χ0v) is 11.9. The number of nitrogens with one attached hydrogen (secondary N) is 1. The lowest BCUT2D eigenvalue weighted by Crippen LogP contribution is -2.19. The Morgan fingerprint density at radius 2 is 1.80 bits per heavy atom. The van der Waals surface area contributed by atoms with Crippen molar-refractivity contribution < 1.29 is 4.74 Å². The Hall–Kier alpha value is -2.20. The first-order valence-electron chi connectivity index (χ1n) is 6.61. The first-order valence-corrected chi connectivity index (χ1v) is 6.61. The van der Waals surface area contributed by atoms with Crippen molar-refractivity contribution in [3.05, 3.63) is 53.6 Å². The van der Waals surface area contributed by atoms with E-state index in [9.17, 15) is 0 Å². The minimum Gasteiger partial charge on any atom is -0.497 e. The first-order chi connectivity index (χ1) is 9.60. The fourth-order valence-corrected chi connectivity index (χ4v) is 2.09. The van der Waals surface area contributed by atoms with Crippen LogP contribution < -0.4 is 21.5 Å². The highest BCUT2D eigenvalue weighted by atomic mass is 16.5. The Morgan fingerprint density at radius 3 is 2.45 bits per heavy atom. The highest BCUT2D eigenvalue weighted by molar-refractivity contribution is 5.56. The summed E-state index contributed by atoms with van der Waals surface area (Å²) in [4.78, 5) is 0. The van der Waals surface area contributed by atoms with Gasteiger partial charge in [0.2, 0.25) is 0 Å². The number of nitrogens with two attached hydrogens (primary N) is 2. The summed E-state index contributed by atoms with van der Waals surface area (Å²) in [6, 6.07) is 13.7. The third kappa shape index (κ3) is 3.42. The molecule has 4 heteroatoms. The fourth-order valence-electron chi connectivity index (χ4n) is 2.09. The zero-order valence-electron chi connectivity index (χ0n) is 11.9. The number of anilines is 2. The number of rotatable bonds is 5. The molecule has 0 aliphatic rings. The first kappa shape index (κ1) is 14.2. The van der Waals surface area contributed by atoms with Crippen molar-refractivity contribution in [2.24, 2.45) is 0 Å². The molecule has 2 aromatic rings. The number of hydrogen-bond donors (Lipinski definition) is 3. The monoisotopic (exact) mass is 271 g/mol. The Kier molecular flexibility index (Phi) is 4.48. The van der Waals surface area contributed by atoms with E-state index in [0.717, 1.165) is 29.2 Å². The maximum Gasteiger partial charge on any atom is 0.118 e. The van der Waals surface area contributed by atoms with Gasteiger partial charge in [0.1, 0.15) is 5.75 Å². The molecule has 0 radical (unpaired) electrons. The summed E-state index contributed by atoms with van der Waals surface area (Å²) in [5.74, 6) is 0.863. The maximum absolute atomic E-state index is 5.99. The minimum absolute atomic E-state index is 0.139. The predicted molar refractivity (Wildman–Crippen MR) is 83.5 cm³/mol. The quantitative estimate of drug-likeness (QED) is 0.731. The molecule has 0 spiro atoms. The van der Waals surface area contributed by atoms with Crippen LogP contribution >= 0.6 is 0 Å². The van der Waals surface area contributed by atoms with Crippen molar-refractivity contribution in [2.45, 2.75) is 19.5 Å². The molecule has 0 saturated heterocycles. The van der Waals surface area contributed by atoms with Gasteiger partial charge in [-0.3, -0.25) is 0 Å². The summed E-state index contributed by atoms with van der Waals surface area (Å²) in [5, 5.41) is 3.44. The molecular formula is C16H21N3O. The lowest BCUT2D eigenvalue weighted by molar-refractivity contribution is 0.414. The number of hydrogen-bond acceptors (Lipinski definition) is 4. The summed E-state index contributed by atoms with van der Waals surface area (Å²) in [6.07, 6.45) is 0. The standard InChI is InChI=1S/C16H21N3O/c1-11(15-9-13(17)5-8-16(15)18)19-10-12-3-6-14(20-2)7-4-12/h3-9,11,19H,10,17-18H2,1-2H3. The largest absolute Gasteiger partial charge is 0.497 e. The SMILES string of the molecule is COc1ccc(CNC(C)c2cc(N)ccc2N)cc1. The third-order valence-corrected chi connectivity index (χ3v) is 3.35. The van der Waals surface area contributed by atoms with Crippen molar-refractivity contribution >= 4 is 11.4 Å². The molecule has 4 nitrogen and oxygen atoms in total. The van der Waals surface area contributed by atoms with Gasteiger partial charge in [0.25, 0.3) is 0 Å². The summed E-state index contributed by atoms with van der Waals surface area (Å²) in [6.45, 7) is 2.84. The molecule has 1 atom stereocenters. The van der Waals surface area contributed by atoms with Crippen molar-refractivity contribution in [1.82, 2.24) is 5.32 Å². The minimum atomic E-state index is 0.139. The van der Waals surface area contributed by atoms with Crippen LogP contribution in [0.1, 0.15) is 24.1 Å². The topological polar surface area (TPSA) is 73.3 Å². The lowest BCUT2D eigenvalue weighted by Gasteiger charge is -2.17. The second-order valence-corrected chi connectivity index (χ2v) is 4.84. The normalized spacial score (nSPS) is 12.1. The predicted octanol–water partition coefficient (Wildman–Crippen LogP) is 2.71. The van der Waals surface area contributed by atoms with E-state index in [0.29, 0.717) is 0 Å². The third-order valence-electron chi connectivity index (χ3n) is 3.35. The second kappa shape index (κ2) is 6.30. The lowest BCUT2D eigenvalue weighted by atomic mass is 10.0. The highest BCUT2D eigenvalue weighted by Crippen LogP contribution is 2.23. The average Bonchev–Trinajstić information content (AvgIpc) is 2.47. The van der Waals surface area contributed by atoms with Crippen LogP contribution in [-0.2, 0) is 6.54 Å². The molecule has 2 rings (SSSR count). The van der Waals surface area contributed by atoms with Crippen LogP contribution in [0.3, 0.4) is 0 Å².